The van der Waals surface area contributed by atoms with Crippen LogP contribution in [0.5, 0.6) is 0 Å². The molecule has 3 rings (SSSR count). The SMILES string of the molecule is Fc1cccc(Cn2c(=S)[nH]c3cc(I)c(F)cc32)c1. The first-order valence-electron chi connectivity index (χ1n) is 5.86. The van der Waals surface area contributed by atoms with Crippen LogP contribution in [0.15, 0.2) is 36.4 Å². The Labute approximate surface area is 132 Å². The molecule has 0 unspecified atom stereocenters. The number of imidazole rings is 1. The molecule has 0 bridgehead atoms. The Hall–Kier alpha value is -1.28. The van der Waals surface area contributed by atoms with Crippen molar-refractivity contribution >= 4 is 45.8 Å². The topological polar surface area (TPSA) is 20.7 Å². The monoisotopic (exact) mass is 402 g/mol. The molecule has 20 heavy (non-hydrogen) atoms. The van der Waals surface area contributed by atoms with E-state index >= 15 is 0 Å². The maximum Gasteiger partial charge on any atom is 0.178 e. The molecule has 0 saturated heterocycles. The predicted octanol–water partition coefficient (Wildman–Crippen LogP) is 4.63. The Morgan fingerprint density at radius 2 is 2.00 bits per heavy atom. The Morgan fingerprint density at radius 3 is 2.75 bits per heavy atom. The van der Waals surface area contributed by atoms with Crippen molar-refractivity contribution in [3.63, 3.8) is 0 Å². The van der Waals surface area contributed by atoms with Gasteiger partial charge in [0.05, 0.1) is 21.1 Å². The highest BCUT2D eigenvalue weighted by Gasteiger charge is 2.09. The highest BCUT2D eigenvalue weighted by molar-refractivity contribution is 14.1. The van der Waals surface area contributed by atoms with Gasteiger partial charge in [-0.3, -0.25) is 0 Å². The first kappa shape index (κ1) is 13.7. The fraction of sp³-hybridized carbons (Fsp3) is 0.0714. The van der Waals surface area contributed by atoms with E-state index < -0.39 is 0 Å². The van der Waals surface area contributed by atoms with E-state index in [9.17, 15) is 8.78 Å². The number of hydrogen-bond donors (Lipinski definition) is 1. The number of fused-ring (bicyclic) bond motifs is 1. The van der Waals surface area contributed by atoms with Crippen LogP contribution >= 0.6 is 34.8 Å². The van der Waals surface area contributed by atoms with Gasteiger partial charge in [0.1, 0.15) is 11.6 Å². The standard InChI is InChI=1S/C14H9F2IN2S/c15-9-3-1-2-8(4-9)7-19-13-5-10(16)11(17)6-12(13)18-14(19)20/h1-6H,7H2,(H,18,20). The number of halogens is 3. The molecule has 0 atom stereocenters. The maximum absolute atomic E-state index is 13.7. The molecule has 0 radical (unpaired) electrons. The maximum atomic E-state index is 13.7. The number of aromatic amines is 1. The molecule has 102 valence electrons. The molecule has 0 aliphatic rings. The minimum Gasteiger partial charge on any atom is -0.331 e. The number of rotatable bonds is 2. The van der Waals surface area contributed by atoms with Crippen molar-refractivity contribution in [1.29, 1.82) is 0 Å². The summed E-state index contributed by atoms with van der Waals surface area (Å²) in [6.45, 7) is 0.399. The lowest BCUT2D eigenvalue weighted by atomic mass is 10.2. The lowest BCUT2D eigenvalue weighted by molar-refractivity contribution is 0.619. The molecule has 6 heteroatoms. The van der Waals surface area contributed by atoms with E-state index in [0.717, 1.165) is 11.1 Å². The predicted molar refractivity (Wildman–Crippen MR) is 85.3 cm³/mol. The first-order chi connectivity index (χ1) is 9.54. The van der Waals surface area contributed by atoms with Crippen LogP contribution in [0.2, 0.25) is 0 Å². The average Bonchev–Trinajstić information content (AvgIpc) is 2.67. The van der Waals surface area contributed by atoms with Gasteiger partial charge in [0.25, 0.3) is 0 Å². The quantitative estimate of drug-likeness (QED) is 0.490. The van der Waals surface area contributed by atoms with E-state index in [1.807, 2.05) is 28.7 Å². The molecule has 0 amide bonds. The number of H-pyrrole nitrogens is 1. The number of hydrogen-bond acceptors (Lipinski definition) is 1. The third-order valence-corrected chi connectivity index (χ3v) is 4.20. The van der Waals surface area contributed by atoms with Gasteiger partial charge in [0.2, 0.25) is 0 Å². The second kappa shape index (κ2) is 5.25. The zero-order chi connectivity index (χ0) is 14.3. The minimum absolute atomic E-state index is 0.292. The van der Waals surface area contributed by atoms with Crippen LogP contribution in [0, 0.1) is 20.0 Å². The van der Waals surface area contributed by atoms with Crippen LogP contribution in [-0.4, -0.2) is 9.55 Å². The summed E-state index contributed by atoms with van der Waals surface area (Å²) in [6, 6.07) is 9.45. The second-order valence-electron chi connectivity index (χ2n) is 4.43. The van der Waals surface area contributed by atoms with Crippen LogP contribution in [0.4, 0.5) is 8.78 Å². The van der Waals surface area contributed by atoms with Gasteiger partial charge >= 0.3 is 0 Å². The zero-order valence-electron chi connectivity index (χ0n) is 10.2. The molecule has 0 aliphatic carbocycles. The fourth-order valence-corrected chi connectivity index (χ4v) is 2.87. The molecular formula is C14H9F2IN2S. The summed E-state index contributed by atoms with van der Waals surface area (Å²) in [5, 5.41) is 0. The average molecular weight is 402 g/mol. The number of aromatic nitrogens is 2. The summed E-state index contributed by atoms with van der Waals surface area (Å²) >= 11 is 7.19. The summed E-state index contributed by atoms with van der Waals surface area (Å²) in [4.78, 5) is 3.04. The summed E-state index contributed by atoms with van der Waals surface area (Å²) in [5.74, 6) is -0.588. The lowest BCUT2D eigenvalue weighted by Crippen LogP contribution is -2.00. The van der Waals surface area contributed by atoms with Crippen molar-refractivity contribution in [3.05, 3.63) is 61.9 Å². The van der Waals surface area contributed by atoms with Crippen molar-refractivity contribution in [1.82, 2.24) is 9.55 Å². The number of nitrogens with one attached hydrogen (secondary N) is 1. The molecule has 0 saturated carbocycles. The van der Waals surface area contributed by atoms with Crippen molar-refractivity contribution in [2.24, 2.45) is 0 Å². The van der Waals surface area contributed by atoms with Crippen LogP contribution in [0.25, 0.3) is 11.0 Å². The Bertz CT molecular complexity index is 854. The van der Waals surface area contributed by atoms with E-state index in [-0.39, 0.29) is 11.6 Å². The van der Waals surface area contributed by atoms with Crippen LogP contribution in [0.1, 0.15) is 5.56 Å². The van der Waals surface area contributed by atoms with Gasteiger partial charge in [-0.15, -0.1) is 0 Å². The molecule has 0 aliphatic heterocycles. The van der Waals surface area contributed by atoms with E-state index in [2.05, 4.69) is 4.98 Å². The molecule has 1 aromatic heterocycles. The smallest absolute Gasteiger partial charge is 0.178 e. The van der Waals surface area contributed by atoms with Gasteiger partial charge in [0, 0.05) is 6.07 Å². The Morgan fingerprint density at radius 1 is 1.20 bits per heavy atom. The number of nitrogens with zero attached hydrogens (tertiary/aromatic N) is 1. The lowest BCUT2D eigenvalue weighted by Gasteiger charge is -2.05. The van der Waals surface area contributed by atoms with Crippen molar-refractivity contribution in [2.75, 3.05) is 0 Å². The molecular weight excluding hydrogens is 393 g/mol. The molecule has 2 aromatic carbocycles. The highest BCUT2D eigenvalue weighted by Crippen LogP contribution is 2.21. The molecule has 1 N–H and O–H groups in total. The van der Waals surface area contributed by atoms with Crippen LogP contribution in [-0.2, 0) is 6.54 Å². The van der Waals surface area contributed by atoms with Gasteiger partial charge in [-0.25, -0.2) is 8.78 Å². The van der Waals surface area contributed by atoms with E-state index in [1.165, 1.54) is 18.2 Å². The first-order valence-corrected chi connectivity index (χ1v) is 7.35. The number of benzene rings is 2. The van der Waals surface area contributed by atoms with Gasteiger partial charge in [-0.05, 0) is 58.6 Å². The van der Waals surface area contributed by atoms with Gasteiger partial charge in [-0.2, -0.15) is 0 Å². The zero-order valence-corrected chi connectivity index (χ0v) is 13.1. The molecule has 0 fully saturated rings. The fourth-order valence-electron chi connectivity index (χ4n) is 2.13. The van der Waals surface area contributed by atoms with Gasteiger partial charge in [0.15, 0.2) is 4.77 Å². The summed E-state index contributed by atoms with van der Waals surface area (Å²) in [6.07, 6.45) is 0. The third-order valence-electron chi connectivity index (χ3n) is 3.05. The normalized spacial score (nSPS) is 11.2. The summed E-state index contributed by atoms with van der Waals surface area (Å²) < 4.78 is 29.7. The third kappa shape index (κ3) is 2.49. The van der Waals surface area contributed by atoms with Gasteiger partial charge in [-0.1, -0.05) is 12.1 Å². The largest absolute Gasteiger partial charge is 0.331 e. The second-order valence-corrected chi connectivity index (χ2v) is 5.98. The molecule has 1 heterocycles. The van der Waals surface area contributed by atoms with E-state index in [0.29, 0.717) is 20.4 Å². The molecule has 0 spiro atoms. The molecule has 2 nitrogen and oxygen atoms in total. The van der Waals surface area contributed by atoms with E-state index in [1.54, 1.807) is 16.7 Å². The van der Waals surface area contributed by atoms with Crippen molar-refractivity contribution in [2.45, 2.75) is 6.54 Å². The van der Waals surface area contributed by atoms with Gasteiger partial charge < -0.3 is 9.55 Å². The minimum atomic E-state index is -0.297. The Balaban J connectivity index is 2.14. The van der Waals surface area contributed by atoms with Crippen molar-refractivity contribution < 1.29 is 8.78 Å². The Kier molecular flexibility index (Phi) is 3.59. The summed E-state index contributed by atoms with van der Waals surface area (Å²) in [5.41, 5.74) is 2.23. The van der Waals surface area contributed by atoms with Crippen LogP contribution < -0.4 is 0 Å². The van der Waals surface area contributed by atoms with Crippen LogP contribution in [0.3, 0.4) is 0 Å². The molecule has 3 aromatic rings. The van der Waals surface area contributed by atoms with Crippen molar-refractivity contribution in [3.8, 4) is 0 Å². The summed E-state index contributed by atoms with van der Waals surface area (Å²) in [7, 11) is 0. The highest BCUT2D eigenvalue weighted by atomic mass is 127. The van der Waals surface area contributed by atoms with E-state index in [4.69, 9.17) is 12.2 Å².